The number of nitrogens with one attached hydrogen (secondary N) is 1. The van der Waals surface area contributed by atoms with Crippen LogP contribution in [0, 0.1) is 0 Å². The van der Waals surface area contributed by atoms with Crippen LogP contribution in [-0.4, -0.2) is 10.4 Å². The number of nitrogens with zero attached hydrogens (tertiary/aromatic N) is 1. The summed E-state index contributed by atoms with van der Waals surface area (Å²) in [6.45, 7) is 0. The summed E-state index contributed by atoms with van der Waals surface area (Å²) in [6, 6.07) is 16.6. The summed E-state index contributed by atoms with van der Waals surface area (Å²) in [5, 5.41) is 3.58. The molecule has 0 amide bonds. The molecule has 0 radical (unpaired) electrons. The smallest absolute Gasteiger partial charge is 0.355 e. The fraction of sp³-hybridized carbons (Fsp3) is 0.0833. The lowest BCUT2D eigenvalue weighted by molar-refractivity contribution is -0.137. The molecule has 31 heavy (non-hydrogen) atoms. The molecule has 0 saturated heterocycles. The predicted molar refractivity (Wildman–Crippen MR) is 113 cm³/mol. The second-order valence-corrected chi connectivity index (χ2v) is 7.42. The van der Waals surface area contributed by atoms with Crippen LogP contribution in [0.1, 0.15) is 21.5 Å². The third-order valence-corrected chi connectivity index (χ3v) is 5.57. The Morgan fingerprint density at radius 1 is 0.839 bits per heavy atom. The van der Waals surface area contributed by atoms with Crippen LogP contribution in [-0.2, 0) is 13.2 Å². The molecule has 4 nitrogen and oxygen atoms in total. The lowest BCUT2D eigenvalue weighted by Crippen LogP contribution is -2.21. The predicted octanol–water partition coefficient (Wildman–Crippen LogP) is 5.51. The summed E-state index contributed by atoms with van der Waals surface area (Å²) in [4.78, 5) is 25.9. The van der Waals surface area contributed by atoms with E-state index in [2.05, 4.69) is 5.32 Å². The lowest BCUT2D eigenvalue weighted by atomic mass is 9.83. The highest BCUT2D eigenvalue weighted by Gasteiger charge is 2.31. The van der Waals surface area contributed by atoms with Gasteiger partial charge in [-0.05, 0) is 41.5 Å². The number of halogens is 3. The Morgan fingerprint density at radius 3 is 2.32 bits per heavy atom. The van der Waals surface area contributed by atoms with Gasteiger partial charge in [-0.2, -0.15) is 13.2 Å². The number of fused-ring (bicyclic) bond motifs is 2. The number of carbonyl (C=O) groups excluding carboxylic acids is 1. The fourth-order valence-electron chi connectivity index (χ4n) is 4.09. The number of benzene rings is 3. The molecule has 154 valence electrons. The van der Waals surface area contributed by atoms with Gasteiger partial charge in [0.15, 0.2) is 5.78 Å². The third-order valence-electron chi connectivity index (χ3n) is 5.57. The molecule has 0 aliphatic heterocycles. The molecule has 1 aromatic heterocycles. The summed E-state index contributed by atoms with van der Waals surface area (Å²) in [5.74, 6) is -0.248. The first-order valence-electron chi connectivity index (χ1n) is 9.51. The van der Waals surface area contributed by atoms with E-state index in [4.69, 9.17) is 0 Å². The van der Waals surface area contributed by atoms with Crippen LogP contribution in [0.15, 0.2) is 71.5 Å². The molecule has 0 saturated carbocycles. The van der Waals surface area contributed by atoms with Crippen molar-refractivity contribution in [2.75, 3.05) is 5.32 Å². The Bertz CT molecular complexity index is 1450. The number of hydrogen-bond donors (Lipinski definition) is 1. The Morgan fingerprint density at radius 2 is 1.58 bits per heavy atom. The Hall–Kier alpha value is -3.87. The average Bonchev–Trinajstić information content (AvgIpc) is 2.75. The van der Waals surface area contributed by atoms with Gasteiger partial charge in [0.1, 0.15) is 0 Å². The monoisotopic (exact) mass is 420 g/mol. The minimum Gasteiger partial charge on any atom is -0.355 e. The molecule has 0 fully saturated rings. The number of anilines is 2. The molecule has 7 heteroatoms. The Kier molecular flexibility index (Phi) is 4.05. The molecule has 1 N–H and O–H groups in total. The molecule has 0 atom stereocenters. The van der Waals surface area contributed by atoms with E-state index in [1.165, 1.54) is 22.8 Å². The van der Waals surface area contributed by atoms with E-state index in [9.17, 15) is 22.8 Å². The summed E-state index contributed by atoms with van der Waals surface area (Å²) in [7, 11) is 1.62. The number of rotatable bonds is 2. The number of hydrogen-bond acceptors (Lipinski definition) is 3. The van der Waals surface area contributed by atoms with Gasteiger partial charge in [-0.1, -0.05) is 30.3 Å². The highest BCUT2D eigenvalue weighted by molar-refractivity contribution is 6.28. The topological polar surface area (TPSA) is 51.1 Å². The van der Waals surface area contributed by atoms with Crippen LogP contribution >= 0.6 is 0 Å². The van der Waals surface area contributed by atoms with Crippen molar-refractivity contribution in [3.05, 3.63) is 93.8 Å². The Balaban J connectivity index is 1.77. The average molecular weight is 420 g/mol. The first-order valence-corrected chi connectivity index (χ1v) is 9.51. The van der Waals surface area contributed by atoms with E-state index in [-0.39, 0.29) is 17.0 Å². The molecule has 0 unspecified atom stereocenters. The van der Waals surface area contributed by atoms with Crippen molar-refractivity contribution < 1.29 is 18.0 Å². The normalized spacial score (nSPS) is 12.7. The highest BCUT2D eigenvalue weighted by Crippen LogP contribution is 2.42. The van der Waals surface area contributed by atoms with E-state index in [1.54, 1.807) is 43.4 Å². The van der Waals surface area contributed by atoms with Crippen molar-refractivity contribution in [2.24, 2.45) is 7.05 Å². The van der Waals surface area contributed by atoms with Gasteiger partial charge < -0.3 is 9.88 Å². The lowest BCUT2D eigenvalue weighted by Gasteiger charge is -2.23. The molecule has 1 aliphatic carbocycles. The fourth-order valence-corrected chi connectivity index (χ4v) is 4.09. The highest BCUT2D eigenvalue weighted by atomic mass is 19.4. The van der Waals surface area contributed by atoms with Crippen molar-refractivity contribution in [2.45, 2.75) is 6.18 Å². The van der Waals surface area contributed by atoms with Crippen LogP contribution in [0.2, 0.25) is 0 Å². The zero-order chi connectivity index (χ0) is 21.9. The first kappa shape index (κ1) is 19.1. The zero-order valence-electron chi connectivity index (χ0n) is 16.2. The number of carbonyl (C=O) groups is 1. The van der Waals surface area contributed by atoms with Gasteiger partial charge in [-0.15, -0.1) is 0 Å². The van der Waals surface area contributed by atoms with Crippen molar-refractivity contribution >= 4 is 28.1 Å². The number of pyridine rings is 1. The van der Waals surface area contributed by atoms with Crippen LogP contribution in [0.25, 0.3) is 22.0 Å². The van der Waals surface area contributed by atoms with Gasteiger partial charge in [0, 0.05) is 29.8 Å². The van der Waals surface area contributed by atoms with Gasteiger partial charge in [-0.25, -0.2) is 0 Å². The maximum absolute atomic E-state index is 13.4. The quantitative estimate of drug-likeness (QED) is 0.410. The largest absolute Gasteiger partial charge is 0.416 e. The molecular formula is C24H15F3N2O2. The SMILES string of the molecule is Cn1c(=O)cc2c3c(c(Nc4cccc(C(F)(F)F)c4)ccc31)C(=O)c1ccccc1-2. The van der Waals surface area contributed by atoms with Crippen LogP contribution in [0.4, 0.5) is 24.5 Å². The molecule has 1 heterocycles. The summed E-state index contributed by atoms with van der Waals surface area (Å²) in [6.07, 6.45) is -4.48. The first-order chi connectivity index (χ1) is 14.8. The van der Waals surface area contributed by atoms with E-state index < -0.39 is 11.7 Å². The maximum atomic E-state index is 13.4. The molecule has 3 aromatic carbocycles. The van der Waals surface area contributed by atoms with Crippen molar-refractivity contribution in [1.82, 2.24) is 4.57 Å². The van der Waals surface area contributed by atoms with Crippen LogP contribution in [0.3, 0.4) is 0 Å². The summed E-state index contributed by atoms with van der Waals surface area (Å²) in [5.41, 5.74) is 2.25. The van der Waals surface area contributed by atoms with Crippen molar-refractivity contribution in [3.8, 4) is 11.1 Å². The molecule has 4 aromatic rings. The van der Waals surface area contributed by atoms with E-state index in [1.807, 2.05) is 0 Å². The summed E-state index contributed by atoms with van der Waals surface area (Å²) < 4.78 is 40.8. The molecule has 1 aliphatic rings. The molecule has 0 spiro atoms. The number of aryl methyl sites for hydroxylation is 1. The minimum absolute atomic E-state index is 0.212. The van der Waals surface area contributed by atoms with Gasteiger partial charge in [0.2, 0.25) is 0 Å². The van der Waals surface area contributed by atoms with Gasteiger partial charge >= 0.3 is 6.18 Å². The van der Waals surface area contributed by atoms with Crippen molar-refractivity contribution in [1.29, 1.82) is 0 Å². The van der Waals surface area contributed by atoms with Crippen LogP contribution in [0.5, 0.6) is 0 Å². The van der Waals surface area contributed by atoms with E-state index in [0.717, 1.165) is 12.1 Å². The van der Waals surface area contributed by atoms with Crippen molar-refractivity contribution in [3.63, 3.8) is 0 Å². The number of ketones is 1. The van der Waals surface area contributed by atoms with E-state index in [0.29, 0.717) is 38.8 Å². The number of aromatic nitrogens is 1. The van der Waals surface area contributed by atoms with Gasteiger partial charge in [0.25, 0.3) is 5.56 Å². The Labute approximate surface area is 174 Å². The van der Waals surface area contributed by atoms with Gasteiger partial charge in [-0.3, -0.25) is 9.59 Å². The maximum Gasteiger partial charge on any atom is 0.416 e. The van der Waals surface area contributed by atoms with E-state index >= 15 is 0 Å². The second-order valence-electron chi connectivity index (χ2n) is 7.42. The minimum atomic E-state index is -4.48. The second kappa shape index (κ2) is 6.57. The standard InChI is InChI=1S/C24H15F3N2O2/c1-29-19-10-9-18(28-14-6-4-5-13(11-14)24(25,26)27)22-21(19)17(12-20(29)30)15-7-2-3-8-16(15)23(22)31/h2-12,28H,1H3. The van der Waals surface area contributed by atoms with Gasteiger partial charge in [0.05, 0.1) is 22.3 Å². The third kappa shape index (κ3) is 2.92. The summed E-state index contributed by atoms with van der Waals surface area (Å²) >= 11 is 0. The molecule has 5 rings (SSSR count). The molecule has 0 bridgehead atoms. The molecular weight excluding hydrogens is 405 g/mol. The van der Waals surface area contributed by atoms with Crippen LogP contribution < -0.4 is 10.9 Å². The number of alkyl halides is 3. The zero-order valence-corrected chi connectivity index (χ0v) is 16.2.